The van der Waals surface area contributed by atoms with E-state index < -0.39 is 0 Å². The molecular formula is C12H18N8O. The number of amides is 1. The highest BCUT2D eigenvalue weighted by atomic mass is 16.1. The predicted molar refractivity (Wildman–Crippen MR) is 77.7 cm³/mol. The van der Waals surface area contributed by atoms with Crippen LogP contribution in [0.3, 0.4) is 0 Å². The van der Waals surface area contributed by atoms with Crippen LogP contribution in [0.1, 0.15) is 13.8 Å². The minimum absolute atomic E-state index is 0.0561. The van der Waals surface area contributed by atoms with E-state index in [1.54, 1.807) is 18.5 Å². The first kappa shape index (κ1) is 14.7. The topological polar surface area (TPSA) is 124 Å². The lowest BCUT2D eigenvalue weighted by Crippen LogP contribution is -2.33. The fourth-order valence-corrected chi connectivity index (χ4v) is 1.49. The van der Waals surface area contributed by atoms with Crippen molar-refractivity contribution in [1.82, 2.24) is 30.0 Å². The summed E-state index contributed by atoms with van der Waals surface area (Å²) < 4.78 is 1.46. The number of anilines is 2. The van der Waals surface area contributed by atoms with Crippen molar-refractivity contribution in [1.29, 1.82) is 0 Å². The van der Waals surface area contributed by atoms with Crippen molar-refractivity contribution in [3.63, 3.8) is 0 Å². The van der Waals surface area contributed by atoms with Crippen LogP contribution in [0.15, 0.2) is 18.5 Å². The fraction of sp³-hybridized carbons (Fsp3) is 0.417. The first-order valence-electron chi connectivity index (χ1n) is 6.56. The maximum atomic E-state index is 11.6. The maximum absolute atomic E-state index is 11.6. The highest BCUT2D eigenvalue weighted by Crippen LogP contribution is 2.05. The summed E-state index contributed by atoms with van der Waals surface area (Å²) in [7, 11) is 0. The Hall–Kier alpha value is -2.71. The van der Waals surface area contributed by atoms with Crippen molar-refractivity contribution in [2.75, 3.05) is 24.1 Å². The van der Waals surface area contributed by atoms with Crippen LogP contribution in [0.4, 0.5) is 11.9 Å². The van der Waals surface area contributed by atoms with Crippen LogP contribution >= 0.6 is 0 Å². The van der Waals surface area contributed by atoms with Gasteiger partial charge in [-0.1, -0.05) is 13.8 Å². The number of carbonyl (C=O) groups excluding carboxylic acids is 1. The molecule has 9 nitrogen and oxygen atoms in total. The predicted octanol–water partition coefficient (Wildman–Crippen LogP) is -0.176. The van der Waals surface area contributed by atoms with Crippen molar-refractivity contribution in [2.45, 2.75) is 13.8 Å². The minimum Gasteiger partial charge on any atom is -0.368 e. The summed E-state index contributed by atoms with van der Waals surface area (Å²) in [6, 6.07) is 1.74. The Labute approximate surface area is 122 Å². The number of carbonyl (C=O) groups is 1. The lowest BCUT2D eigenvalue weighted by molar-refractivity contribution is -0.119. The van der Waals surface area contributed by atoms with Crippen LogP contribution in [0.25, 0.3) is 5.95 Å². The zero-order chi connectivity index (χ0) is 15.2. The van der Waals surface area contributed by atoms with Crippen molar-refractivity contribution in [2.24, 2.45) is 5.92 Å². The van der Waals surface area contributed by atoms with E-state index in [0.29, 0.717) is 12.5 Å². The molecule has 2 rings (SSSR count). The second-order valence-corrected chi connectivity index (χ2v) is 4.82. The number of nitrogens with zero attached hydrogens (tertiary/aromatic N) is 5. The number of aromatic nitrogens is 5. The molecule has 21 heavy (non-hydrogen) atoms. The van der Waals surface area contributed by atoms with Crippen molar-refractivity contribution < 1.29 is 4.79 Å². The number of hydrogen-bond acceptors (Lipinski definition) is 7. The van der Waals surface area contributed by atoms with E-state index in [1.165, 1.54) is 4.68 Å². The number of nitrogen functional groups attached to an aromatic ring is 1. The fourth-order valence-electron chi connectivity index (χ4n) is 1.49. The molecule has 0 aliphatic rings. The Morgan fingerprint density at radius 3 is 2.86 bits per heavy atom. The third-order valence-electron chi connectivity index (χ3n) is 2.46. The summed E-state index contributed by atoms with van der Waals surface area (Å²) in [4.78, 5) is 23.7. The number of hydrogen-bond donors (Lipinski definition) is 3. The summed E-state index contributed by atoms with van der Waals surface area (Å²) in [5.41, 5.74) is 5.63. The van der Waals surface area contributed by atoms with Gasteiger partial charge in [-0.2, -0.15) is 20.1 Å². The third kappa shape index (κ3) is 4.41. The van der Waals surface area contributed by atoms with Gasteiger partial charge >= 0.3 is 0 Å². The lowest BCUT2D eigenvalue weighted by atomic mass is 10.2. The molecule has 0 fully saturated rings. The van der Waals surface area contributed by atoms with E-state index in [9.17, 15) is 4.79 Å². The van der Waals surface area contributed by atoms with Crippen molar-refractivity contribution in [3.8, 4) is 5.95 Å². The van der Waals surface area contributed by atoms with E-state index in [4.69, 9.17) is 5.73 Å². The van der Waals surface area contributed by atoms with Gasteiger partial charge in [0.05, 0.1) is 6.54 Å². The van der Waals surface area contributed by atoms with Crippen LogP contribution in [0.5, 0.6) is 0 Å². The molecule has 0 bridgehead atoms. The van der Waals surface area contributed by atoms with Crippen molar-refractivity contribution in [3.05, 3.63) is 18.5 Å². The number of nitrogens with one attached hydrogen (secondary N) is 2. The van der Waals surface area contributed by atoms with Gasteiger partial charge in [0, 0.05) is 18.9 Å². The first-order valence-corrected chi connectivity index (χ1v) is 6.56. The van der Waals surface area contributed by atoms with Gasteiger partial charge < -0.3 is 16.4 Å². The Balaban J connectivity index is 1.99. The molecule has 9 heteroatoms. The molecule has 2 heterocycles. The molecule has 0 unspecified atom stereocenters. The molecule has 2 aromatic rings. The average Bonchev–Trinajstić information content (AvgIpc) is 2.96. The first-order chi connectivity index (χ1) is 10.0. The number of nitrogens with two attached hydrogens (primary N) is 1. The van der Waals surface area contributed by atoms with Gasteiger partial charge in [-0.25, -0.2) is 4.68 Å². The molecule has 112 valence electrons. The lowest BCUT2D eigenvalue weighted by Gasteiger charge is -2.09. The quantitative estimate of drug-likeness (QED) is 0.674. The van der Waals surface area contributed by atoms with Crippen LogP contribution in [0, 0.1) is 5.92 Å². The second kappa shape index (κ2) is 6.64. The SMILES string of the molecule is CC(C)CNC(=O)CNc1nc(N)nc(-n2cccn2)n1. The Morgan fingerprint density at radius 1 is 1.38 bits per heavy atom. The molecule has 0 spiro atoms. The Morgan fingerprint density at radius 2 is 2.19 bits per heavy atom. The van der Waals surface area contributed by atoms with Gasteiger partial charge in [0.25, 0.3) is 5.95 Å². The van der Waals surface area contributed by atoms with Crippen LogP contribution in [0.2, 0.25) is 0 Å². The summed E-state index contributed by atoms with van der Waals surface area (Å²) in [5, 5.41) is 9.62. The van der Waals surface area contributed by atoms with Gasteiger partial charge in [-0.15, -0.1) is 0 Å². The molecule has 1 amide bonds. The molecule has 0 saturated carbocycles. The molecule has 0 aliphatic carbocycles. The minimum atomic E-state index is -0.136. The highest BCUT2D eigenvalue weighted by Gasteiger charge is 2.08. The van der Waals surface area contributed by atoms with Crippen LogP contribution in [-0.2, 0) is 4.79 Å². The second-order valence-electron chi connectivity index (χ2n) is 4.82. The summed E-state index contributed by atoms with van der Waals surface area (Å²) in [5.74, 6) is 0.836. The Kier molecular flexibility index (Phi) is 4.64. The third-order valence-corrected chi connectivity index (χ3v) is 2.46. The van der Waals surface area contributed by atoms with E-state index in [0.717, 1.165) is 0 Å². The molecule has 0 aromatic carbocycles. The van der Waals surface area contributed by atoms with E-state index >= 15 is 0 Å². The standard InChI is InChI=1S/C12H18N8O/c1-8(2)6-14-9(21)7-15-11-17-10(13)18-12(19-11)20-5-3-4-16-20/h3-5,8H,6-7H2,1-2H3,(H,14,21)(H3,13,15,17,18,19). The molecule has 0 aliphatic heterocycles. The summed E-state index contributed by atoms with van der Waals surface area (Å²) in [6.07, 6.45) is 3.29. The molecule has 0 atom stereocenters. The largest absolute Gasteiger partial charge is 0.368 e. The van der Waals surface area contributed by atoms with Crippen LogP contribution < -0.4 is 16.4 Å². The molecule has 4 N–H and O–H groups in total. The molecule has 2 aromatic heterocycles. The van der Waals surface area contributed by atoms with Crippen molar-refractivity contribution >= 4 is 17.8 Å². The van der Waals surface area contributed by atoms with Gasteiger partial charge in [0.1, 0.15) is 0 Å². The smallest absolute Gasteiger partial charge is 0.257 e. The summed E-state index contributed by atoms with van der Waals surface area (Å²) in [6.45, 7) is 4.74. The van der Waals surface area contributed by atoms with E-state index in [-0.39, 0.29) is 30.3 Å². The number of rotatable bonds is 6. The zero-order valence-corrected chi connectivity index (χ0v) is 11.9. The van der Waals surface area contributed by atoms with E-state index in [1.807, 2.05) is 13.8 Å². The van der Waals surface area contributed by atoms with Crippen LogP contribution in [-0.4, -0.2) is 43.7 Å². The van der Waals surface area contributed by atoms with Gasteiger partial charge in [0.15, 0.2) is 0 Å². The maximum Gasteiger partial charge on any atom is 0.257 e. The Bertz CT molecular complexity index is 595. The molecule has 0 radical (unpaired) electrons. The van der Waals surface area contributed by atoms with Gasteiger partial charge in [0.2, 0.25) is 17.8 Å². The average molecular weight is 290 g/mol. The monoisotopic (exact) mass is 290 g/mol. The molecule has 0 saturated heterocycles. The van der Waals surface area contributed by atoms with E-state index in [2.05, 4.69) is 30.7 Å². The summed E-state index contributed by atoms with van der Waals surface area (Å²) >= 11 is 0. The zero-order valence-electron chi connectivity index (χ0n) is 11.9. The highest BCUT2D eigenvalue weighted by molar-refractivity contribution is 5.80. The molecular weight excluding hydrogens is 272 g/mol. The van der Waals surface area contributed by atoms with Gasteiger partial charge in [-0.3, -0.25) is 4.79 Å². The normalized spacial score (nSPS) is 10.6. The van der Waals surface area contributed by atoms with Gasteiger partial charge in [-0.05, 0) is 12.0 Å².